The van der Waals surface area contributed by atoms with Gasteiger partial charge >= 0.3 is 0 Å². The van der Waals surface area contributed by atoms with Gasteiger partial charge in [0.25, 0.3) is 0 Å². The number of carbonyl (C=O) groups is 1. The number of nitrogens with one attached hydrogen (secondary N) is 1. The van der Waals surface area contributed by atoms with Crippen LogP contribution >= 0.6 is 0 Å². The van der Waals surface area contributed by atoms with Crippen molar-refractivity contribution in [2.24, 2.45) is 5.73 Å². The molecule has 5 nitrogen and oxygen atoms in total. The van der Waals surface area contributed by atoms with Crippen LogP contribution in [0.3, 0.4) is 0 Å². The molecule has 1 rings (SSSR count). The molecule has 0 unspecified atom stereocenters. The van der Waals surface area contributed by atoms with Crippen molar-refractivity contribution in [2.75, 3.05) is 27.2 Å². The van der Waals surface area contributed by atoms with Crippen LogP contribution in [-0.2, 0) is 11.2 Å². The van der Waals surface area contributed by atoms with Gasteiger partial charge in [0.1, 0.15) is 5.75 Å². The molecule has 0 saturated carbocycles. The summed E-state index contributed by atoms with van der Waals surface area (Å²) in [5.41, 5.74) is 6.83. The van der Waals surface area contributed by atoms with E-state index in [0.717, 1.165) is 12.1 Å². The molecule has 1 atom stereocenters. The molecule has 0 aliphatic carbocycles. The number of amides is 1. The Kier molecular flexibility index (Phi) is 5.61. The smallest absolute Gasteiger partial charge is 0.239 e. The maximum atomic E-state index is 11.9. The van der Waals surface area contributed by atoms with Crippen molar-refractivity contribution in [3.63, 3.8) is 0 Å². The van der Waals surface area contributed by atoms with E-state index in [1.165, 1.54) is 0 Å². The zero-order valence-electron chi connectivity index (χ0n) is 10.9. The van der Waals surface area contributed by atoms with Crippen LogP contribution in [0.2, 0.25) is 0 Å². The van der Waals surface area contributed by atoms with E-state index in [0.29, 0.717) is 13.0 Å². The Balaban J connectivity index is 2.51. The first-order valence-corrected chi connectivity index (χ1v) is 5.97. The summed E-state index contributed by atoms with van der Waals surface area (Å²) < 4.78 is 0. The average Bonchev–Trinajstić information content (AvgIpc) is 2.37. The number of benzene rings is 1. The number of likely N-dealkylation sites (N-methyl/N-ethyl adjacent to an activating group) is 2. The quantitative estimate of drug-likeness (QED) is 0.662. The molecule has 1 amide bonds. The fourth-order valence-corrected chi connectivity index (χ4v) is 1.65. The van der Waals surface area contributed by atoms with Gasteiger partial charge in [-0.05, 0) is 31.2 Å². The molecule has 18 heavy (non-hydrogen) atoms. The summed E-state index contributed by atoms with van der Waals surface area (Å²) >= 11 is 0. The topological polar surface area (TPSA) is 78.6 Å². The van der Waals surface area contributed by atoms with Crippen LogP contribution in [0, 0.1) is 0 Å². The Morgan fingerprint density at radius 2 is 2.06 bits per heavy atom. The lowest BCUT2D eigenvalue weighted by molar-refractivity contribution is -0.131. The number of nitrogens with zero attached hydrogens (tertiary/aromatic N) is 1. The normalized spacial score (nSPS) is 12.2. The molecule has 4 N–H and O–H groups in total. The lowest BCUT2D eigenvalue weighted by Gasteiger charge is -2.21. The number of phenols is 1. The van der Waals surface area contributed by atoms with Gasteiger partial charge < -0.3 is 21.1 Å². The molecule has 0 aromatic heterocycles. The van der Waals surface area contributed by atoms with Crippen LogP contribution in [0.1, 0.15) is 5.56 Å². The number of phenolic OH excluding ortho intramolecular Hbond substituents is 1. The van der Waals surface area contributed by atoms with Crippen molar-refractivity contribution < 1.29 is 9.90 Å². The second kappa shape index (κ2) is 6.98. The van der Waals surface area contributed by atoms with E-state index >= 15 is 0 Å². The fourth-order valence-electron chi connectivity index (χ4n) is 1.65. The molecule has 0 aliphatic heterocycles. The summed E-state index contributed by atoms with van der Waals surface area (Å²) in [7, 11) is 3.59. The maximum Gasteiger partial charge on any atom is 0.239 e. The Hall–Kier alpha value is -1.59. The van der Waals surface area contributed by atoms with E-state index in [1.807, 2.05) is 7.05 Å². The molecule has 0 fully saturated rings. The number of rotatable bonds is 6. The zero-order valence-corrected chi connectivity index (χ0v) is 10.9. The molecular formula is C13H21N3O2. The van der Waals surface area contributed by atoms with Crippen molar-refractivity contribution in [1.29, 1.82) is 0 Å². The van der Waals surface area contributed by atoms with Gasteiger partial charge in [-0.15, -0.1) is 0 Å². The van der Waals surface area contributed by atoms with E-state index < -0.39 is 6.04 Å². The van der Waals surface area contributed by atoms with Crippen LogP contribution in [0.5, 0.6) is 5.75 Å². The second-order valence-corrected chi connectivity index (χ2v) is 4.34. The molecule has 0 radical (unpaired) electrons. The Bertz CT molecular complexity index is 378. The molecule has 1 aromatic rings. The molecule has 0 heterocycles. The first-order valence-electron chi connectivity index (χ1n) is 5.97. The first-order chi connectivity index (χ1) is 8.54. The van der Waals surface area contributed by atoms with Gasteiger partial charge in [-0.2, -0.15) is 0 Å². The molecule has 1 aromatic carbocycles. The average molecular weight is 251 g/mol. The third-order valence-electron chi connectivity index (χ3n) is 2.78. The summed E-state index contributed by atoms with van der Waals surface area (Å²) in [6.07, 6.45) is 0.475. The molecule has 0 bridgehead atoms. The molecule has 100 valence electrons. The monoisotopic (exact) mass is 251 g/mol. The lowest BCUT2D eigenvalue weighted by atomic mass is 10.1. The fraction of sp³-hybridized carbons (Fsp3) is 0.462. The van der Waals surface area contributed by atoms with Crippen molar-refractivity contribution >= 4 is 5.91 Å². The van der Waals surface area contributed by atoms with E-state index in [9.17, 15) is 9.90 Å². The Morgan fingerprint density at radius 1 is 1.44 bits per heavy atom. The third-order valence-corrected chi connectivity index (χ3v) is 2.78. The van der Waals surface area contributed by atoms with Gasteiger partial charge in [0.05, 0.1) is 6.04 Å². The number of aromatic hydroxyl groups is 1. The summed E-state index contributed by atoms with van der Waals surface area (Å²) in [5, 5.41) is 12.2. The highest BCUT2D eigenvalue weighted by molar-refractivity contribution is 5.81. The minimum atomic E-state index is -0.545. The van der Waals surface area contributed by atoms with Gasteiger partial charge in [-0.1, -0.05) is 12.1 Å². The summed E-state index contributed by atoms with van der Waals surface area (Å²) in [6.45, 7) is 1.38. The van der Waals surface area contributed by atoms with Crippen LogP contribution in [0.25, 0.3) is 0 Å². The maximum absolute atomic E-state index is 11.9. The lowest BCUT2D eigenvalue weighted by Crippen LogP contribution is -2.44. The molecule has 0 aliphatic rings. The van der Waals surface area contributed by atoms with Crippen LogP contribution in [-0.4, -0.2) is 49.1 Å². The largest absolute Gasteiger partial charge is 0.508 e. The first kappa shape index (κ1) is 14.5. The van der Waals surface area contributed by atoms with Crippen LogP contribution in [0.4, 0.5) is 0 Å². The van der Waals surface area contributed by atoms with Crippen LogP contribution in [0.15, 0.2) is 24.3 Å². The summed E-state index contributed by atoms with van der Waals surface area (Å²) in [6, 6.07) is 6.19. The standard InChI is InChI=1S/C13H21N3O2/c1-15-7-8-16(2)13(18)12(14)9-10-3-5-11(17)6-4-10/h3-6,12,15,17H,7-9,14H2,1-2H3/t12-/m0/s1. The summed E-state index contributed by atoms with van der Waals surface area (Å²) in [4.78, 5) is 13.6. The summed E-state index contributed by atoms with van der Waals surface area (Å²) in [5.74, 6) is 0.142. The van der Waals surface area contributed by atoms with E-state index in [4.69, 9.17) is 5.73 Å². The van der Waals surface area contributed by atoms with Crippen molar-refractivity contribution in [1.82, 2.24) is 10.2 Å². The van der Waals surface area contributed by atoms with Crippen molar-refractivity contribution in [2.45, 2.75) is 12.5 Å². The third kappa shape index (κ3) is 4.35. The van der Waals surface area contributed by atoms with E-state index in [2.05, 4.69) is 5.32 Å². The zero-order chi connectivity index (χ0) is 13.5. The number of nitrogens with two attached hydrogens (primary N) is 1. The Morgan fingerprint density at radius 3 is 2.61 bits per heavy atom. The van der Waals surface area contributed by atoms with Gasteiger partial charge in [0.2, 0.25) is 5.91 Å². The van der Waals surface area contributed by atoms with E-state index in [1.54, 1.807) is 36.2 Å². The minimum Gasteiger partial charge on any atom is -0.508 e. The minimum absolute atomic E-state index is 0.0710. The SMILES string of the molecule is CNCCN(C)C(=O)[C@@H](N)Cc1ccc(O)cc1. The highest BCUT2D eigenvalue weighted by Crippen LogP contribution is 2.11. The van der Waals surface area contributed by atoms with Crippen molar-refractivity contribution in [3.05, 3.63) is 29.8 Å². The van der Waals surface area contributed by atoms with E-state index in [-0.39, 0.29) is 11.7 Å². The number of carbonyl (C=O) groups excluding carboxylic acids is 1. The van der Waals surface area contributed by atoms with Gasteiger partial charge in [0.15, 0.2) is 0 Å². The predicted octanol–water partition coefficient (Wildman–Crippen LogP) is -0.0602. The molecule has 5 heteroatoms. The predicted molar refractivity (Wildman–Crippen MR) is 71.3 cm³/mol. The Labute approximate surface area is 108 Å². The van der Waals surface area contributed by atoms with Crippen molar-refractivity contribution in [3.8, 4) is 5.75 Å². The van der Waals surface area contributed by atoms with Gasteiger partial charge in [0, 0.05) is 20.1 Å². The molecule has 0 spiro atoms. The number of hydrogen-bond acceptors (Lipinski definition) is 4. The van der Waals surface area contributed by atoms with Gasteiger partial charge in [-0.3, -0.25) is 4.79 Å². The molecule has 0 saturated heterocycles. The van der Waals surface area contributed by atoms with Crippen LogP contribution < -0.4 is 11.1 Å². The number of hydrogen-bond donors (Lipinski definition) is 3. The molecular weight excluding hydrogens is 230 g/mol. The highest BCUT2D eigenvalue weighted by atomic mass is 16.3. The highest BCUT2D eigenvalue weighted by Gasteiger charge is 2.17. The van der Waals surface area contributed by atoms with Gasteiger partial charge in [-0.25, -0.2) is 0 Å². The second-order valence-electron chi connectivity index (χ2n) is 4.34.